The van der Waals surface area contributed by atoms with E-state index >= 15 is 0 Å². The van der Waals surface area contributed by atoms with Crippen molar-refractivity contribution in [3.8, 4) is 0 Å². The van der Waals surface area contributed by atoms with Gasteiger partial charge >= 0.3 is 0 Å². The SMILES string of the molecule is CC1(NCCCNC2CC2)CCCCC1. The third-order valence-corrected chi connectivity index (χ3v) is 3.87. The van der Waals surface area contributed by atoms with Gasteiger partial charge in [0, 0.05) is 11.6 Å². The molecule has 0 aromatic carbocycles. The third kappa shape index (κ3) is 4.12. The monoisotopic (exact) mass is 210 g/mol. The van der Waals surface area contributed by atoms with Gasteiger partial charge < -0.3 is 10.6 Å². The van der Waals surface area contributed by atoms with Gasteiger partial charge in [-0.15, -0.1) is 0 Å². The molecule has 0 bridgehead atoms. The van der Waals surface area contributed by atoms with E-state index < -0.39 is 0 Å². The van der Waals surface area contributed by atoms with E-state index in [1.165, 1.54) is 64.5 Å². The Kier molecular flexibility index (Phi) is 4.04. The lowest BCUT2D eigenvalue weighted by Gasteiger charge is -2.34. The van der Waals surface area contributed by atoms with Crippen LogP contribution in [0.1, 0.15) is 58.3 Å². The van der Waals surface area contributed by atoms with Crippen LogP contribution < -0.4 is 10.6 Å². The van der Waals surface area contributed by atoms with Gasteiger partial charge in [-0.05, 0) is 52.1 Å². The molecule has 88 valence electrons. The topological polar surface area (TPSA) is 24.1 Å². The highest BCUT2D eigenvalue weighted by atomic mass is 15.0. The molecule has 15 heavy (non-hydrogen) atoms. The first kappa shape index (κ1) is 11.4. The average molecular weight is 210 g/mol. The van der Waals surface area contributed by atoms with Crippen LogP contribution in [0, 0.1) is 0 Å². The summed E-state index contributed by atoms with van der Waals surface area (Å²) >= 11 is 0. The van der Waals surface area contributed by atoms with E-state index in [0.29, 0.717) is 5.54 Å². The fourth-order valence-corrected chi connectivity index (χ4v) is 2.58. The number of nitrogens with one attached hydrogen (secondary N) is 2. The van der Waals surface area contributed by atoms with Crippen LogP contribution in [0.2, 0.25) is 0 Å². The van der Waals surface area contributed by atoms with Crippen molar-refractivity contribution in [1.82, 2.24) is 10.6 Å². The van der Waals surface area contributed by atoms with Crippen molar-refractivity contribution in [3.05, 3.63) is 0 Å². The van der Waals surface area contributed by atoms with Crippen LogP contribution in [0.15, 0.2) is 0 Å². The fraction of sp³-hybridized carbons (Fsp3) is 1.00. The second-order valence-corrected chi connectivity index (χ2v) is 5.63. The first-order chi connectivity index (χ1) is 7.29. The second-order valence-electron chi connectivity index (χ2n) is 5.63. The molecule has 0 aromatic heterocycles. The molecule has 2 heteroatoms. The lowest BCUT2D eigenvalue weighted by Crippen LogP contribution is -2.44. The molecule has 0 spiro atoms. The highest BCUT2D eigenvalue weighted by Crippen LogP contribution is 2.27. The van der Waals surface area contributed by atoms with Gasteiger partial charge in [-0.1, -0.05) is 19.3 Å². The Labute approximate surface area is 94.2 Å². The maximum Gasteiger partial charge on any atom is 0.0153 e. The summed E-state index contributed by atoms with van der Waals surface area (Å²) in [5, 5.41) is 7.32. The molecule has 2 rings (SSSR count). The summed E-state index contributed by atoms with van der Waals surface area (Å²) in [5.41, 5.74) is 0.456. The molecular weight excluding hydrogens is 184 g/mol. The van der Waals surface area contributed by atoms with Crippen molar-refractivity contribution >= 4 is 0 Å². The van der Waals surface area contributed by atoms with Crippen LogP contribution in [0.4, 0.5) is 0 Å². The van der Waals surface area contributed by atoms with Gasteiger partial charge in [-0.3, -0.25) is 0 Å². The van der Waals surface area contributed by atoms with Crippen molar-refractivity contribution in [2.24, 2.45) is 0 Å². The maximum atomic E-state index is 3.75. The van der Waals surface area contributed by atoms with Crippen molar-refractivity contribution in [3.63, 3.8) is 0 Å². The molecule has 0 aromatic rings. The van der Waals surface area contributed by atoms with E-state index in [1.54, 1.807) is 0 Å². The molecule has 2 aliphatic rings. The van der Waals surface area contributed by atoms with Crippen LogP contribution in [-0.2, 0) is 0 Å². The van der Waals surface area contributed by atoms with Crippen LogP contribution in [0.5, 0.6) is 0 Å². The number of rotatable bonds is 6. The third-order valence-electron chi connectivity index (χ3n) is 3.87. The largest absolute Gasteiger partial charge is 0.314 e. The second kappa shape index (κ2) is 5.31. The Bertz CT molecular complexity index is 181. The quantitative estimate of drug-likeness (QED) is 0.658. The number of hydrogen-bond acceptors (Lipinski definition) is 2. The first-order valence-electron chi connectivity index (χ1n) is 6.77. The molecular formula is C13H26N2. The maximum absolute atomic E-state index is 3.75. The summed E-state index contributed by atoms with van der Waals surface area (Å²) in [6, 6.07) is 0.871. The minimum atomic E-state index is 0.456. The summed E-state index contributed by atoms with van der Waals surface area (Å²) < 4.78 is 0. The van der Waals surface area contributed by atoms with Gasteiger partial charge in [0.25, 0.3) is 0 Å². The van der Waals surface area contributed by atoms with E-state index in [4.69, 9.17) is 0 Å². The minimum absolute atomic E-state index is 0.456. The predicted molar refractivity (Wildman–Crippen MR) is 65.1 cm³/mol. The number of hydrogen-bond donors (Lipinski definition) is 2. The standard InChI is InChI=1S/C13H26N2/c1-13(8-3-2-4-9-13)15-11-5-10-14-12-6-7-12/h12,14-15H,2-11H2,1H3. The summed E-state index contributed by atoms with van der Waals surface area (Å²) in [6.07, 6.45) is 11.1. The molecule has 2 fully saturated rings. The van der Waals surface area contributed by atoms with Crippen molar-refractivity contribution in [2.75, 3.05) is 13.1 Å². The Morgan fingerprint density at radius 2 is 1.80 bits per heavy atom. The summed E-state index contributed by atoms with van der Waals surface area (Å²) in [5.74, 6) is 0. The molecule has 0 aliphatic heterocycles. The van der Waals surface area contributed by atoms with Gasteiger partial charge in [0.15, 0.2) is 0 Å². The average Bonchev–Trinajstić information content (AvgIpc) is 3.02. The van der Waals surface area contributed by atoms with E-state index in [2.05, 4.69) is 17.6 Å². The molecule has 2 N–H and O–H groups in total. The van der Waals surface area contributed by atoms with Crippen LogP contribution in [0.3, 0.4) is 0 Å². The Morgan fingerprint density at radius 1 is 1.07 bits per heavy atom. The minimum Gasteiger partial charge on any atom is -0.314 e. The van der Waals surface area contributed by atoms with Crippen LogP contribution in [0.25, 0.3) is 0 Å². The Hall–Kier alpha value is -0.0800. The van der Waals surface area contributed by atoms with E-state index in [1.807, 2.05) is 0 Å². The first-order valence-corrected chi connectivity index (χ1v) is 6.77. The zero-order valence-corrected chi connectivity index (χ0v) is 10.1. The molecule has 0 amide bonds. The molecule has 2 aliphatic carbocycles. The van der Waals surface area contributed by atoms with Crippen LogP contribution in [-0.4, -0.2) is 24.7 Å². The van der Waals surface area contributed by atoms with Gasteiger partial charge in [-0.2, -0.15) is 0 Å². The highest BCUT2D eigenvalue weighted by Gasteiger charge is 2.25. The molecule has 0 unspecified atom stereocenters. The summed E-state index contributed by atoms with van der Waals surface area (Å²) in [6.45, 7) is 4.80. The van der Waals surface area contributed by atoms with E-state index in [9.17, 15) is 0 Å². The summed E-state index contributed by atoms with van der Waals surface area (Å²) in [4.78, 5) is 0. The lowest BCUT2D eigenvalue weighted by atomic mass is 9.83. The van der Waals surface area contributed by atoms with E-state index in [-0.39, 0.29) is 0 Å². The van der Waals surface area contributed by atoms with Gasteiger partial charge in [0.2, 0.25) is 0 Å². The Balaban J connectivity index is 1.51. The molecule has 2 nitrogen and oxygen atoms in total. The smallest absolute Gasteiger partial charge is 0.0153 e. The molecule has 0 saturated heterocycles. The molecule has 0 atom stereocenters. The van der Waals surface area contributed by atoms with Crippen molar-refractivity contribution < 1.29 is 0 Å². The highest BCUT2D eigenvalue weighted by molar-refractivity contribution is 4.86. The van der Waals surface area contributed by atoms with E-state index in [0.717, 1.165) is 6.04 Å². The molecule has 0 heterocycles. The van der Waals surface area contributed by atoms with Crippen molar-refractivity contribution in [2.45, 2.75) is 69.9 Å². The van der Waals surface area contributed by atoms with Gasteiger partial charge in [0.1, 0.15) is 0 Å². The predicted octanol–water partition coefficient (Wildman–Crippen LogP) is 2.44. The van der Waals surface area contributed by atoms with Gasteiger partial charge in [0.05, 0.1) is 0 Å². The summed E-state index contributed by atoms with van der Waals surface area (Å²) in [7, 11) is 0. The van der Waals surface area contributed by atoms with Gasteiger partial charge in [-0.25, -0.2) is 0 Å². The zero-order valence-electron chi connectivity index (χ0n) is 10.1. The molecule has 2 saturated carbocycles. The Morgan fingerprint density at radius 3 is 2.47 bits per heavy atom. The lowest BCUT2D eigenvalue weighted by molar-refractivity contribution is 0.254. The zero-order chi connectivity index (χ0) is 10.6. The van der Waals surface area contributed by atoms with Crippen molar-refractivity contribution in [1.29, 1.82) is 0 Å². The fourth-order valence-electron chi connectivity index (χ4n) is 2.58. The van der Waals surface area contributed by atoms with Crippen LogP contribution >= 0.6 is 0 Å². The molecule has 0 radical (unpaired) electrons. The normalized spacial score (nSPS) is 25.4.